The predicted molar refractivity (Wildman–Crippen MR) is 519 cm³/mol. The van der Waals surface area contributed by atoms with Gasteiger partial charge in [-0.05, 0) is 313 Å². The first-order chi connectivity index (χ1) is 64.9. The molecule has 0 spiro atoms. The van der Waals surface area contributed by atoms with Crippen LogP contribution in [0.15, 0.2) is 282 Å². The molecule has 0 aliphatic carbocycles. The van der Waals surface area contributed by atoms with E-state index in [2.05, 4.69) is 235 Å². The molecule has 0 radical (unpaired) electrons. The van der Waals surface area contributed by atoms with E-state index in [9.17, 15) is 53.3 Å². The highest BCUT2D eigenvalue weighted by Crippen LogP contribution is 2.33. The van der Waals surface area contributed by atoms with E-state index in [-0.39, 0.29) is 119 Å². The minimum atomic E-state index is -4.30. The van der Waals surface area contributed by atoms with E-state index in [1.165, 1.54) is 127 Å². The third-order valence-corrected chi connectivity index (χ3v) is 35.8. The van der Waals surface area contributed by atoms with Crippen LogP contribution in [0.3, 0.4) is 0 Å². The molecule has 4 atom stereocenters. The van der Waals surface area contributed by atoms with Crippen LogP contribution in [0.1, 0.15) is 216 Å². The summed E-state index contributed by atoms with van der Waals surface area (Å²) in [5.74, 6) is 4.77. The number of fused-ring (bicyclic) bond motifs is 12. The molecule has 0 amide bonds. The largest absolute Gasteiger partial charge is 0.744 e. The van der Waals surface area contributed by atoms with Crippen molar-refractivity contribution in [2.75, 3.05) is 13.6 Å². The number of hydrogen-bond donors (Lipinski definition) is 0. The standard InChI is InChI=1S/2C18H18IO4.C17H16IO3.C16H16IO.C11H16.3C10H14O3S/c1-18(2,3)23-17(20)22-11-21-12-8-9-16-14(10-12)13-6-4-5-7-15(13)19-16;1-18(2,3)23-17(20)22-11-21-12-8-9-14-13-6-4-5-7-15(13)19-16(14)10-12;1-17(2,3)21-16(19)20-11-8-9-15-13(10-11)12-6-4-5-7-14(12)18-15;1-16(2,3)18-11-8-9-15-13(10-11)12-6-4-5-7-14(12)17-15;1-4-10(3)11-7-5-9(2)6-8-11;3*1-3-8(2)9-4-6-10(7-5-9)14(11,12)13/h2*4-10H,11H2,1-3H3;4-10H,1-3H3;4-10H,1-3H3;5-8,10H,4H2,1-3H3;3*4-8H,3H2,1-2H3,(H,11,12,13)/q4*+1;;;;/p-3. The molecule has 28 heteroatoms. The average molecular weight is 2380 g/mol. The SMILES string of the molecule is CC(C)(C)OC(=O)OCOc1ccc2c(c1)-c1ccccc1[I+]2.CC(C)(C)OC(=O)OCOc1ccc2c(c1)[I+]c1ccccc1-2.CC(C)(C)OC(=O)Oc1ccc2c(c1)-c1ccccc1[I+]2.CC(C)(C)Oc1ccc2c(c1)-c1ccccc1[I+]2.CCC(C)c1ccc(C)cc1.CCC(C)c1ccc(S(=O)(=O)[O-])cc1.CCC(C)c1ccc(S(=O)(=O)[O-])cc1.CCC(C)c1ccc(S(=O)(=O)[O-])cc1. The molecule has 0 saturated heterocycles. The number of benzene rings is 12. The fraction of sp³-hybridized carbons (Fsp3) is 0.318. The number of halogens is 4. The number of hydrogen-bond acceptors (Lipinski definition) is 21. The van der Waals surface area contributed by atoms with Gasteiger partial charge in [0, 0.05) is 50.6 Å². The zero-order valence-corrected chi connectivity index (χ0v) is 92.8. The van der Waals surface area contributed by atoms with Gasteiger partial charge in [0.1, 0.15) is 75.8 Å². The normalized spacial score (nSPS) is 13.0. The Kier molecular flexibility index (Phi) is 41.2. The Morgan fingerprint density at radius 2 is 0.543 bits per heavy atom. The fourth-order valence-corrected chi connectivity index (χ4v) is 26.3. The van der Waals surface area contributed by atoms with Crippen LogP contribution in [0.4, 0.5) is 14.4 Å². The zero-order chi connectivity index (χ0) is 101. The van der Waals surface area contributed by atoms with Crippen molar-refractivity contribution >= 4 is 48.8 Å². The van der Waals surface area contributed by atoms with Crippen LogP contribution >= 0.6 is 0 Å². The Hall–Kier alpha value is -9.50. The Labute approximate surface area is 857 Å². The summed E-state index contributed by atoms with van der Waals surface area (Å²) in [4.78, 5) is 34.2. The molecule has 21 nitrogen and oxygen atoms in total. The topological polar surface area (TPSA) is 306 Å². The number of carbonyl (C=O) groups is 3. The summed E-state index contributed by atoms with van der Waals surface area (Å²) in [5.41, 5.74) is 14.5. The molecule has 0 saturated carbocycles. The minimum absolute atomic E-state index is 0.000378. The Bertz CT molecular complexity index is 6270. The number of aryl methyl sites for hydroxylation is 1. The van der Waals surface area contributed by atoms with Gasteiger partial charge >= 0.3 is 103 Å². The van der Waals surface area contributed by atoms with Gasteiger partial charge in [-0.25, -0.2) is 39.6 Å². The molecular formula is C110H123I4O21S3+. The molecule has 138 heavy (non-hydrogen) atoms. The third kappa shape index (κ3) is 35.6. The lowest BCUT2D eigenvalue weighted by Crippen LogP contribution is -3.61. The van der Waals surface area contributed by atoms with Gasteiger partial charge in [-0.15, -0.1) is 0 Å². The first kappa shape index (κ1) is 112. The second-order valence-corrected chi connectivity index (χ2v) is 52.2. The van der Waals surface area contributed by atoms with E-state index < -0.39 is 65.6 Å². The molecule has 12 aromatic rings. The van der Waals surface area contributed by atoms with Crippen LogP contribution < -0.4 is 104 Å². The van der Waals surface area contributed by atoms with E-state index in [0.29, 0.717) is 40.9 Å². The summed E-state index contributed by atoms with van der Waals surface area (Å²) in [6.45, 7) is 41.1. The average Bonchev–Trinajstić information content (AvgIpc) is 1.65. The van der Waals surface area contributed by atoms with Gasteiger partial charge in [-0.1, -0.05) is 170 Å². The molecule has 4 heterocycles. The molecule has 12 aromatic carbocycles. The summed E-state index contributed by atoms with van der Waals surface area (Å²) < 4.78 is 154. The molecule has 734 valence electrons. The minimum Gasteiger partial charge on any atom is -0.744 e. The second kappa shape index (κ2) is 50.8. The van der Waals surface area contributed by atoms with Gasteiger partial charge in [0.05, 0.1) is 14.7 Å². The van der Waals surface area contributed by atoms with Crippen molar-refractivity contribution in [2.24, 2.45) is 0 Å². The number of ether oxygens (including phenoxy) is 9. The summed E-state index contributed by atoms with van der Waals surface area (Å²) >= 11 is -0.411. The fourth-order valence-electron chi connectivity index (χ4n) is 13.3. The van der Waals surface area contributed by atoms with E-state index in [0.717, 1.165) is 41.7 Å². The maximum atomic E-state index is 11.7. The molecular weight excluding hydrogens is 2260 g/mol. The molecule has 0 aromatic heterocycles. The molecule has 4 aliphatic heterocycles. The van der Waals surface area contributed by atoms with E-state index in [4.69, 9.17) is 42.6 Å². The Morgan fingerprint density at radius 1 is 0.290 bits per heavy atom. The van der Waals surface area contributed by atoms with Gasteiger partial charge in [0.2, 0.25) is 42.1 Å². The van der Waals surface area contributed by atoms with E-state index >= 15 is 0 Å². The number of carbonyl (C=O) groups excluding carboxylic acids is 3. The molecule has 4 unspecified atom stereocenters. The molecule has 0 bridgehead atoms. The van der Waals surface area contributed by atoms with Crippen molar-refractivity contribution in [1.82, 2.24) is 0 Å². The maximum Gasteiger partial charge on any atom is 0.514 e. The van der Waals surface area contributed by atoms with Crippen molar-refractivity contribution < 1.29 is 181 Å². The van der Waals surface area contributed by atoms with Gasteiger partial charge in [0.15, 0.2) is 0 Å². The van der Waals surface area contributed by atoms with Crippen LogP contribution in [-0.4, -0.2) is 93.4 Å². The van der Waals surface area contributed by atoms with Gasteiger partial charge in [-0.2, -0.15) is 0 Å². The smallest absolute Gasteiger partial charge is 0.514 e. The molecule has 0 fully saturated rings. The van der Waals surface area contributed by atoms with Crippen molar-refractivity contribution in [1.29, 1.82) is 0 Å². The van der Waals surface area contributed by atoms with Crippen LogP contribution in [0, 0.1) is 35.5 Å². The second-order valence-electron chi connectivity index (χ2n) is 36.6. The summed E-state index contributed by atoms with van der Waals surface area (Å²) in [6, 6.07) is 85.7. The third-order valence-electron chi connectivity index (χ3n) is 21.1. The first-order valence-electron chi connectivity index (χ1n) is 45.2. The monoisotopic (exact) mass is 2380 g/mol. The highest BCUT2D eigenvalue weighted by atomic mass is 127. The lowest BCUT2D eigenvalue weighted by molar-refractivity contribution is -0.590. The quantitative estimate of drug-likeness (QED) is 0.0181. The highest BCUT2D eigenvalue weighted by Gasteiger charge is 2.38. The summed E-state index contributed by atoms with van der Waals surface area (Å²) in [5, 5.41) is 0. The Balaban J connectivity index is 0.000000179. The van der Waals surface area contributed by atoms with E-state index in [1.54, 1.807) is 77.9 Å². The number of rotatable bonds is 19. The van der Waals surface area contributed by atoms with Crippen molar-refractivity contribution in [3.05, 3.63) is 323 Å². The zero-order valence-electron chi connectivity index (χ0n) is 81.8. The van der Waals surface area contributed by atoms with Gasteiger partial charge in [0.25, 0.3) is 0 Å². The Morgan fingerprint density at radius 3 is 0.862 bits per heavy atom. The molecule has 4 aliphatic rings. The lowest BCUT2D eigenvalue weighted by Gasteiger charge is -2.21. The van der Waals surface area contributed by atoms with Crippen LogP contribution in [0.5, 0.6) is 23.0 Å². The summed E-state index contributed by atoms with van der Waals surface area (Å²) in [6.07, 6.45) is 2.08. The lowest BCUT2D eigenvalue weighted by atomic mass is 9.98. The van der Waals surface area contributed by atoms with Crippen molar-refractivity contribution in [3.63, 3.8) is 0 Å². The van der Waals surface area contributed by atoms with Crippen molar-refractivity contribution in [2.45, 2.75) is 232 Å². The predicted octanol–water partition coefficient (Wildman–Crippen LogP) is 14.1. The maximum absolute atomic E-state index is 11.7. The van der Waals surface area contributed by atoms with Crippen LogP contribution in [0.25, 0.3) is 44.5 Å². The summed E-state index contributed by atoms with van der Waals surface area (Å²) in [7, 11) is -12.9. The van der Waals surface area contributed by atoms with Crippen LogP contribution in [-0.2, 0) is 54.0 Å². The van der Waals surface area contributed by atoms with Gasteiger partial charge in [-0.3, -0.25) is 0 Å². The van der Waals surface area contributed by atoms with E-state index in [1.807, 2.05) is 63.2 Å². The molecule has 0 N–H and O–H groups in total. The van der Waals surface area contributed by atoms with Crippen LogP contribution in [0.2, 0.25) is 0 Å². The molecule has 16 rings (SSSR count). The van der Waals surface area contributed by atoms with Crippen molar-refractivity contribution in [3.8, 4) is 67.5 Å². The first-order valence-corrected chi connectivity index (χ1v) is 58.1. The highest BCUT2D eigenvalue weighted by molar-refractivity contribution is 7.86. The van der Waals surface area contributed by atoms with Gasteiger partial charge < -0.3 is 56.3 Å².